The Morgan fingerprint density at radius 2 is 1.84 bits per heavy atom. The van der Waals surface area contributed by atoms with Crippen molar-refractivity contribution >= 4 is 29.2 Å². The Balaban J connectivity index is 1.94. The number of carbonyl (C=O) groups is 3. The number of methoxy groups -OCH3 is 1. The largest absolute Gasteiger partial charge is 0.495 e. The number of hydrogen-bond acceptors (Lipinski definition) is 7. The van der Waals surface area contributed by atoms with Gasteiger partial charge in [0.2, 0.25) is 5.91 Å². The van der Waals surface area contributed by atoms with Gasteiger partial charge in [-0.3, -0.25) is 24.5 Å². The third-order valence-corrected chi connectivity index (χ3v) is 5.07. The molecule has 10 nitrogen and oxygen atoms in total. The van der Waals surface area contributed by atoms with Gasteiger partial charge in [0.05, 0.1) is 23.6 Å². The number of carbonyl (C=O) groups excluding carboxylic acids is 3. The van der Waals surface area contributed by atoms with E-state index in [0.29, 0.717) is 25.9 Å². The Bertz CT molecular complexity index is 855. The lowest BCUT2D eigenvalue weighted by Crippen LogP contribution is -2.45. The highest BCUT2D eigenvalue weighted by Crippen LogP contribution is 2.29. The number of nitro benzene ring substituents is 1. The van der Waals surface area contributed by atoms with E-state index in [9.17, 15) is 24.5 Å². The van der Waals surface area contributed by atoms with Gasteiger partial charge in [0.15, 0.2) is 6.10 Å². The number of anilines is 1. The summed E-state index contributed by atoms with van der Waals surface area (Å²) >= 11 is 0. The number of rotatable bonds is 6. The molecule has 10 heteroatoms. The van der Waals surface area contributed by atoms with Crippen LogP contribution in [0.25, 0.3) is 0 Å². The number of nitrogens with zero attached hydrogens (tertiary/aromatic N) is 2. The molecule has 0 spiro atoms. The van der Waals surface area contributed by atoms with Crippen LogP contribution in [0.5, 0.6) is 5.75 Å². The molecule has 1 aliphatic heterocycles. The van der Waals surface area contributed by atoms with Gasteiger partial charge in [0.1, 0.15) is 5.75 Å². The summed E-state index contributed by atoms with van der Waals surface area (Å²) in [5.41, 5.74) is -0.580. The van der Waals surface area contributed by atoms with E-state index in [1.54, 1.807) is 4.90 Å². The topological polar surface area (TPSA) is 128 Å². The molecule has 0 aromatic heterocycles. The summed E-state index contributed by atoms with van der Waals surface area (Å²) in [4.78, 5) is 49.4. The quantitative estimate of drug-likeness (QED) is 0.413. The summed E-state index contributed by atoms with van der Waals surface area (Å²) < 4.78 is 10.4. The minimum Gasteiger partial charge on any atom is -0.495 e. The Kier molecular flexibility index (Phi) is 7.59. The van der Waals surface area contributed by atoms with Crippen molar-refractivity contribution in [3.05, 3.63) is 28.3 Å². The number of hydrogen-bond donors (Lipinski definition) is 1. The molecular formula is C21H29N3O7. The van der Waals surface area contributed by atoms with E-state index in [4.69, 9.17) is 9.47 Å². The van der Waals surface area contributed by atoms with Crippen LogP contribution in [0.2, 0.25) is 0 Å². The maximum Gasteiger partial charge on any atom is 0.309 e. The Labute approximate surface area is 181 Å². The standard InChI is InChI=1S/C21H29N3O7/c1-13(18(25)22-16-12-15(24(28)29)6-7-17(16)30-5)31-19(26)14-8-10-23(11-9-14)20(27)21(2,3)4/h6-7,12-14H,8-11H2,1-5H3,(H,22,25). The fourth-order valence-corrected chi connectivity index (χ4v) is 3.26. The van der Waals surface area contributed by atoms with Crippen molar-refractivity contribution in [2.75, 3.05) is 25.5 Å². The van der Waals surface area contributed by atoms with Gasteiger partial charge in [-0.25, -0.2) is 0 Å². The summed E-state index contributed by atoms with van der Waals surface area (Å²) in [5, 5.41) is 13.5. The van der Waals surface area contributed by atoms with Crippen molar-refractivity contribution in [2.24, 2.45) is 11.3 Å². The van der Waals surface area contributed by atoms with E-state index in [0.717, 1.165) is 0 Å². The second-order valence-electron chi connectivity index (χ2n) is 8.53. The number of piperidine rings is 1. The molecule has 1 aromatic rings. The molecule has 1 aliphatic rings. The lowest BCUT2D eigenvalue weighted by Gasteiger charge is -2.35. The smallest absolute Gasteiger partial charge is 0.309 e. The molecule has 0 saturated carbocycles. The Hall–Kier alpha value is -3.17. The van der Waals surface area contributed by atoms with E-state index >= 15 is 0 Å². The van der Waals surface area contributed by atoms with Crippen LogP contribution in [0.15, 0.2) is 18.2 Å². The fourth-order valence-electron chi connectivity index (χ4n) is 3.26. The average molecular weight is 435 g/mol. The van der Waals surface area contributed by atoms with Gasteiger partial charge in [-0.15, -0.1) is 0 Å². The van der Waals surface area contributed by atoms with Crippen LogP contribution in [-0.4, -0.2) is 53.9 Å². The molecular weight excluding hydrogens is 406 g/mol. The lowest BCUT2D eigenvalue weighted by atomic mass is 9.91. The molecule has 1 N–H and O–H groups in total. The van der Waals surface area contributed by atoms with Crippen LogP contribution in [0.4, 0.5) is 11.4 Å². The predicted molar refractivity (Wildman–Crippen MR) is 113 cm³/mol. The van der Waals surface area contributed by atoms with Gasteiger partial charge in [0, 0.05) is 30.6 Å². The van der Waals surface area contributed by atoms with E-state index in [1.165, 1.54) is 32.2 Å². The van der Waals surface area contributed by atoms with Crippen molar-refractivity contribution in [3.8, 4) is 5.75 Å². The third kappa shape index (κ3) is 6.16. The predicted octanol–water partition coefficient (Wildman–Crippen LogP) is 2.76. The highest BCUT2D eigenvalue weighted by atomic mass is 16.6. The molecule has 170 valence electrons. The van der Waals surface area contributed by atoms with E-state index in [2.05, 4.69) is 5.32 Å². The zero-order valence-corrected chi connectivity index (χ0v) is 18.5. The maximum atomic E-state index is 12.5. The molecule has 1 heterocycles. The van der Waals surface area contributed by atoms with E-state index in [-0.39, 0.29) is 23.0 Å². The van der Waals surface area contributed by atoms with Crippen molar-refractivity contribution in [3.63, 3.8) is 0 Å². The first-order chi connectivity index (χ1) is 14.4. The SMILES string of the molecule is COc1ccc([N+](=O)[O-])cc1NC(=O)C(C)OC(=O)C1CCN(C(=O)C(C)(C)C)CC1. The molecule has 1 aromatic carbocycles. The van der Waals surface area contributed by atoms with Crippen molar-refractivity contribution in [1.82, 2.24) is 4.90 Å². The van der Waals surface area contributed by atoms with Gasteiger partial charge in [-0.1, -0.05) is 20.8 Å². The number of esters is 1. The van der Waals surface area contributed by atoms with Crippen LogP contribution in [0, 0.1) is 21.4 Å². The van der Waals surface area contributed by atoms with Gasteiger partial charge < -0.3 is 19.7 Å². The minimum atomic E-state index is -1.11. The molecule has 0 bridgehead atoms. The summed E-state index contributed by atoms with van der Waals surface area (Å²) in [6.07, 6.45) is -0.174. The van der Waals surface area contributed by atoms with Crippen LogP contribution >= 0.6 is 0 Å². The molecule has 1 saturated heterocycles. The first-order valence-electron chi connectivity index (χ1n) is 10.1. The second-order valence-corrected chi connectivity index (χ2v) is 8.53. The zero-order chi connectivity index (χ0) is 23.3. The molecule has 2 amide bonds. The average Bonchev–Trinajstić information content (AvgIpc) is 2.72. The highest BCUT2D eigenvalue weighted by Gasteiger charge is 2.34. The number of non-ortho nitro benzene ring substituents is 1. The van der Waals surface area contributed by atoms with Gasteiger partial charge in [-0.05, 0) is 25.8 Å². The second kappa shape index (κ2) is 9.76. The molecule has 2 rings (SSSR count). The Morgan fingerprint density at radius 1 is 1.23 bits per heavy atom. The number of nitro groups is 1. The zero-order valence-electron chi connectivity index (χ0n) is 18.5. The van der Waals surface area contributed by atoms with Crippen molar-refractivity contribution in [2.45, 2.75) is 46.6 Å². The number of amides is 2. The summed E-state index contributed by atoms with van der Waals surface area (Å²) in [5.74, 6) is -1.25. The first kappa shape index (κ1) is 24.1. The number of likely N-dealkylation sites (tertiary alicyclic amines) is 1. The maximum absolute atomic E-state index is 12.5. The number of ether oxygens (including phenoxy) is 2. The minimum absolute atomic E-state index is 0.0398. The molecule has 1 atom stereocenters. The van der Waals surface area contributed by atoms with Crippen molar-refractivity contribution < 1.29 is 28.8 Å². The van der Waals surface area contributed by atoms with Gasteiger partial charge >= 0.3 is 5.97 Å². The molecule has 1 fully saturated rings. The van der Waals surface area contributed by atoms with E-state index < -0.39 is 34.2 Å². The van der Waals surface area contributed by atoms with Crippen LogP contribution in [-0.2, 0) is 19.1 Å². The molecule has 0 radical (unpaired) electrons. The molecule has 31 heavy (non-hydrogen) atoms. The normalized spacial score (nSPS) is 15.7. The van der Waals surface area contributed by atoms with Crippen LogP contribution in [0.1, 0.15) is 40.5 Å². The fraction of sp³-hybridized carbons (Fsp3) is 0.571. The molecule has 0 aliphatic carbocycles. The van der Waals surface area contributed by atoms with Crippen LogP contribution < -0.4 is 10.1 Å². The summed E-state index contributed by atoms with van der Waals surface area (Å²) in [6, 6.07) is 3.80. The summed E-state index contributed by atoms with van der Waals surface area (Å²) in [7, 11) is 1.37. The highest BCUT2D eigenvalue weighted by molar-refractivity contribution is 5.96. The number of nitrogens with one attached hydrogen (secondary N) is 1. The van der Waals surface area contributed by atoms with Gasteiger partial charge in [-0.2, -0.15) is 0 Å². The lowest BCUT2D eigenvalue weighted by molar-refractivity contribution is -0.384. The van der Waals surface area contributed by atoms with Crippen LogP contribution in [0.3, 0.4) is 0 Å². The first-order valence-corrected chi connectivity index (χ1v) is 10.1. The van der Waals surface area contributed by atoms with E-state index in [1.807, 2.05) is 20.8 Å². The molecule has 1 unspecified atom stereocenters. The number of benzene rings is 1. The van der Waals surface area contributed by atoms with Gasteiger partial charge in [0.25, 0.3) is 11.6 Å². The Morgan fingerprint density at radius 3 is 2.35 bits per heavy atom. The third-order valence-electron chi connectivity index (χ3n) is 5.07. The monoisotopic (exact) mass is 435 g/mol. The summed E-state index contributed by atoms with van der Waals surface area (Å²) in [6.45, 7) is 7.91. The van der Waals surface area contributed by atoms with Crippen molar-refractivity contribution in [1.29, 1.82) is 0 Å².